The Balaban J connectivity index is -0.00000000549. The zero-order valence-corrected chi connectivity index (χ0v) is 16.2. The van der Waals surface area contributed by atoms with Crippen LogP contribution >= 0.6 is 0 Å². The summed E-state index contributed by atoms with van der Waals surface area (Å²) in [5.41, 5.74) is 0. The van der Waals surface area contributed by atoms with Crippen molar-refractivity contribution in [3.8, 4) is 0 Å². The molecule has 0 aliphatic rings. The van der Waals surface area contributed by atoms with E-state index in [0.717, 1.165) is 0 Å². The topological polar surface area (TPSA) is 423 Å². The van der Waals surface area contributed by atoms with Crippen molar-refractivity contribution in [1.29, 1.82) is 0 Å². The van der Waals surface area contributed by atoms with Crippen molar-refractivity contribution >= 4 is 29.3 Å². The number of hydrogen-bond acceptors (Lipinski definition) is 7. The minimum Gasteiger partial charge on any atom is 1.00 e. The summed E-state index contributed by atoms with van der Waals surface area (Å²) in [5.74, 6) is 0. The zero-order valence-electron chi connectivity index (χ0n) is 12.2. The SMILES string of the molecule is C.C.O.O.O.O.O.O.O.O.O.O.O=BOB([O-])OB([O-])OB=O.[Na+].[Na+]. The first-order valence-electron chi connectivity index (χ1n) is 2.36. The molecule has 20 N–H and O–H groups in total. The van der Waals surface area contributed by atoms with E-state index in [4.69, 9.17) is 0 Å². The minimum atomic E-state index is -2.27. The molecule has 0 aromatic rings. The van der Waals surface area contributed by atoms with Gasteiger partial charge in [0.2, 0.25) is 0 Å². The Kier molecular flexibility index (Phi) is 541. The molecule has 0 aromatic heterocycles. The van der Waals surface area contributed by atoms with Crippen molar-refractivity contribution in [3.05, 3.63) is 0 Å². The van der Waals surface area contributed by atoms with Crippen molar-refractivity contribution in [3.63, 3.8) is 0 Å². The van der Waals surface area contributed by atoms with Gasteiger partial charge in [0.15, 0.2) is 0 Å². The van der Waals surface area contributed by atoms with Crippen molar-refractivity contribution in [1.82, 2.24) is 0 Å². The summed E-state index contributed by atoms with van der Waals surface area (Å²) < 4.78 is 29.8. The van der Waals surface area contributed by atoms with Crippen LogP contribution in [-0.2, 0) is 23.1 Å². The van der Waals surface area contributed by atoms with Gasteiger partial charge in [0.1, 0.15) is 0 Å². The molecule has 0 heterocycles. The fourth-order valence-corrected chi connectivity index (χ4v) is 0.246. The first kappa shape index (κ1) is 135. The van der Waals surface area contributed by atoms with E-state index in [-0.39, 0.29) is 143 Å². The van der Waals surface area contributed by atoms with Gasteiger partial charge in [-0.15, -0.1) is 0 Å². The third-order valence-corrected chi connectivity index (χ3v) is 0.556. The van der Waals surface area contributed by atoms with Crippen LogP contribution in [0.1, 0.15) is 14.9 Å². The van der Waals surface area contributed by atoms with Crippen LogP contribution in [0, 0.1) is 0 Å². The molecule has 0 atom stereocenters. The molecule has 0 saturated heterocycles. The predicted octanol–water partition coefficient (Wildman–Crippen LogP) is -17.3. The Morgan fingerprint density at radius 3 is 0.840 bits per heavy atom. The second-order valence-corrected chi connectivity index (χ2v) is 1.18. The van der Waals surface area contributed by atoms with Gasteiger partial charge < -0.3 is 54.8 Å². The largest absolute Gasteiger partial charge is 1.00 e. The molecule has 0 aliphatic heterocycles. The quantitative estimate of drug-likeness (QED) is 0.377. The van der Waals surface area contributed by atoms with E-state index < -0.39 is 14.6 Å². The van der Waals surface area contributed by atoms with Crippen LogP contribution in [0.5, 0.6) is 0 Å². The number of rotatable bonds is 6. The Morgan fingerprint density at radius 2 is 0.720 bits per heavy atom. The Hall–Kier alpha value is 0.940. The zero-order chi connectivity index (χ0) is 8.69. The van der Waals surface area contributed by atoms with Crippen LogP contribution < -0.4 is 69.2 Å². The normalized spacial score (nSPS) is 3.28. The van der Waals surface area contributed by atoms with Crippen molar-refractivity contribution < 1.29 is 147 Å². The minimum absolute atomic E-state index is 0. The third kappa shape index (κ3) is 110. The summed E-state index contributed by atoms with van der Waals surface area (Å²) >= 11 is 0. The van der Waals surface area contributed by atoms with Crippen LogP contribution in [0.25, 0.3) is 0 Å². The molecule has 0 fully saturated rings. The summed E-state index contributed by atoms with van der Waals surface area (Å²) in [7, 11) is -4.92. The second-order valence-electron chi connectivity index (χ2n) is 1.18. The molecular formula is C2H28B4Na2O17. The first-order chi connectivity index (χ1) is 5.20. The van der Waals surface area contributed by atoms with Gasteiger partial charge in [0, 0.05) is 0 Å². The van der Waals surface area contributed by atoms with Crippen LogP contribution in [0.15, 0.2) is 0 Å². The van der Waals surface area contributed by atoms with Gasteiger partial charge in [0.25, 0.3) is 0 Å². The van der Waals surface area contributed by atoms with Gasteiger partial charge in [-0.3, -0.25) is 0 Å². The van der Waals surface area contributed by atoms with Gasteiger partial charge in [0.05, 0.1) is 0 Å². The van der Waals surface area contributed by atoms with E-state index in [9.17, 15) is 19.5 Å². The maximum Gasteiger partial charge on any atom is 1.00 e. The van der Waals surface area contributed by atoms with Crippen LogP contribution in [-0.4, -0.2) is 84.1 Å². The Morgan fingerprint density at radius 1 is 0.560 bits per heavy atom. The van der Waals surface area contributed by atoms with E-state index in [1.54, 1.807) is 0 Å². The molecule has 0 bridgehead atoms. The van der Waals surface area contributed by atoms with Crippen LogP contribution in [0.2, 0.25) is 0 Å². The third-order valence-electron chi connectivity index (χ3n) is 0.556. The van der Waals surface area contributed by atoms with E-state index >= 15 is 0 Å². The standard InChI is InChI=1S/2CH4.B4O7.2Na.10H2O/c;;5-1-9-3(7)11-4(8)10-2-6;;;;;;;;;;;;/h2*1H4;;;;10*1H2/q;;-2;2*+1;;;;;;;;;;. The molecule has 152 valence electrons. The molecule has 23 heteroatoms. The van der Waals surface area contributed by atoms with Crippen molar-refractivity contribution in [2.45, 2.75) is 14.9 Å². The molecule has 0 saturated carbocycles. The van der Waals surface area contributed by atoms with Crippen LogP contribution in [0.4, 0.5) is 0 Å². The molecule has 0 aliphatic carbocycles. The summed E-state index contributed by atoms with van der Waals surface area (Å²) in [6.45, 7) is 0. The molecule has 0 rings (SSSR count). The van der Waals surface area contributed by atoms with Gasteiger partial charge in [-0.2, -0.15) is 0 Å². The average molecular weight is 413 g/mol. The fraction of sp³-hybridized carbons (Fsp3) is 1.00. The summed E-state index contributed by atoms with van der Waals surface area (Å²) in [6.07, 6.45) is 0. The van der Waals surface area contributed by atoms with Crippen molar-refractivity contribution in [2.24, 2.45) is 0 Å². The second kappa shape index (κ2) is 100. The van der Waals surface area contributed by atoms with E-state index in [1.807, 2.05) is 0 Å². The van der Waals surface area contributed by atoms with E-state index in [0.29, 0.717) is 0 Å². The number of hydrogen-bond donors (Lipinski definition) is 0. The van der Waals surface area contributed by atoms with Gasteiger partial charge in [-0.25, -0.2) is 0 Å². The Bertz CT molecular complexity index is 134. The van der Waals surface area contributed by atoms with Gasteiger partial charge in [-0.1, -0.05) is 14.9 Å². The maximum atomic E-state index is 10.1. The molecule has 0 aromatic carbocycles. The van der Waals surface area contributed by atoms with Gasteiger partial charge in [-0.05, 0) is 0 Å². The Labute approximate surface area is 190 Å². The summed E-state index contributed by atoms with van der Waals surface area (Å²) in [5, 5.41) is 20.3. The monoisotopic (exact) mass is 414 g/mol. The molecule has 25 heavy (non-hydrogen) atoms. The molecule has 0 spiro atoms. The molecule has 0 radical (unpaired) electrons. The maximum absolute atomic E-state index is 10.1. The fourth-order valence-electron chi connectivity index (χ4n) is 0.246. The average Bonchev–Trinajstić information content (AvgIpc) is 1.87. The van der Waals surface area contributed by atoms with Gasteiger partial charge >= 0.3 is 122 Å². The summed E-state index contributed by atoms with van der Waals surface area (Å²) in [4.78, 5) is 0. The predicted molar refractivity (Wildman–Crippen MR) is 77.2 cm³/mol. The summed E-state index contributed by atoms with van der Waals surface area (Å²) in [6, 6.07) is 0. The first-order valence-corrected chi connectivity index (χ1v) is 2.36. The smallest absolute Gasteiger partial charge is 1.00 e. The molecule has 0 unspecified atom stereocenters. The van der Waals surface area contributed by atoms with Crippen molar-refractivity contribution in [2.75, 3.05) is 0 Å². The molecular weight excluding hydrogens is 385 g/mol. The van der Waals surface area contributed by atoms with Crippen LogP contribution in [0.3, 0.4) is 0 Å². The molecule has 0 amide bonds. The molecule has 17 nitrogen and oxygen atoms in total. The van der Waals surface area contributed by atoms with E-state index in [1.165, 1.54) is 0 Å². The van der Waals surface area contributed by atoms with E-state index in [2.05, 4.69) is 13.7 Å².